The number of hydrogen-bond donors (Lipinski definition) is 1. The van der Waals surface area contributed by atoms with E-state index in [0.717, 1.165) is 12.1 Å². The number of rotatable bonds is 2. The van der Waals surface area contributed by atoms with Crippen molar-refractivity contribution in [3.63, 3.8) is 0 Å². The van der Waals surface area contributed by atoms with Crippen molar-refractivity contribution in [2.75, 3.05) is 5.32 Å². The Morgan fingerprint density at radius 1 is 0.963 bits per heavy atom. The van der Waals surface area contributed by atoms with Crippen LogP contribution in [-0.4, -0.2) is 48.2 Å². The van der Waals surface area contributed by atoms with E-state index in [1.54, 1.807) is 27.7 Å². The van der Waals surface area contributed by atoms with Gasteiger partial charge in [0.2, 0.25) is 0 Å². The number of carbonyl (C=O) groups is 1. The lowest BCUT2D eigenvalue weighted by molar-refractivity contribution is -0.229. The van der Waals surface area contributed by atoms with Crippen molar-refractivity contribution < 1.29 is 37.3 Å². The van der Waals surface area contributed by atoms with Gasteiger partial charge in [-0.15, -0.1) is 0 Å². The third kappa shape index (κ3) is 3.45. The predicted molar refractivity (Wildman–Crippen MR) is 87.5 cm³/mol. The molecule has 3 aliphatic rings. The lowest BCUT2D eigenvalue weighted by Crippen LogP contribution is -2.58. The Labute approximate surface area is 154 Å². The van der Waals surface area contributed by atoms with Crippen LogP contribution in [0.1, 0.15) is 27.7 Å². The number of hydrogen-bond acceptors (Lipinski definition) is 6. The van der Waals surface area contributed by atoms with Gasteiger partial charge in [-0.2, -0.15) is 0 Å². The van der Waals surface area contributed by atoms with Crippen molar-refractivity contribution in [3.8, 4) is 0 Å². The molecule has 1 N–H and O–H groups in total. The van der Waals surface area contributed by atoms with Crippen LogP contribution in [0, 0.1) is 11.6 Å². The fraction of sp³-hybridized carbons (Fsp3) is 0.611. The molecule has 0 spiro atoms. The minimum atomic E-state index is -1.13. The second-order valence-corrected chi connectivity index (χ2v) is 7.70. The molecule has 3 aliphatic heterocycles. The molecule has 1 amide bonds. The molecule has 9 heteroatoms. The van der Waals surface area contributed by atoms with E-state index in [9.17, 15) is 13.6 Å². The number of carbonyl (C=O) groups excluding carboxylic acids is 1. The fourth-order valence-corrected chi connectivity index (χ4v) is 3.62. The van der Waals surface area contributed by atoms with E-state index in [1.165, 1.54) is 0 Å². The molecule has 0 radical (unpaired) electrons. The van der Waals surface area contributed by atoms with Crippen LogP contribution in [-0.2, 0) is 28.5 Å². The number of ether oxygens (including phenoxy) is 5. The minimum Gasteiger partial charge on any atom is -0.342 e. The van der Waals surface area contributed by atoms with Gasteiger partial charge in [0.25, 0.3) is 5.91 Å². The number of nitrogens with one attached hydrogen (secondary N) is 1. The van der Waals surface area contributed by atoms with Crippen molar-refractivity contribution in [2.45, 2.75) is 70.0 Å². The Morgan fingerprint density at radius 3 is 2.30 bits per heavy atom. The van der Waals surface area contributed by atoms with E-state index >= 15 is 0 Å². The molecular weight excluding hydrogens is 364 g/mol. The summed E-state index contributed by atoms with van der Waals surface area (Å²) in [6, 6.07) is 2.87. The van der Waals surface area contributed by atoms with Crippen LogP contribution in [0.5, 0.6) is 0 Å². The van der Waals surface area contributed by atoms with Gasteiger partial charge in [0.1, 0.15) is 29.9 Å². The maximum absolute atomic E-state index is 13.9. The molecule has 3 heterocycles. The Morgan fingerprint density at radius 2 is 1.59 bits per heavy atom. The second-order valence-electron chi connectivity index (χ2n) is 7.70. The topological polar surface area (TPSA) is 75.3 Å². The summed E-state index contributed by atoms with van der Waals surface area (Å²) in [4.78, 5) is 12.8. The Bertz CT molecular complexity index is 770. The molecule has 1 aromatic carbocycles. The van der Waals surface area contributed by atoms with Gasteiger partial charge < -0.3 is 29.0 Å². The zero-order valence-corrected chi connectivity index (χ0v) is 15.3. The summed E-state index contributed by atoms with van der Waals surface area (Å²) in [7, 11) is 0. The number of fused-ring (bicyclic) bond motifs is 3. The highest BCUT2D eigenvalue weighted by Gasteiger charge is 2.62. The average molecular weight is 385 g/mol. The van der Waals surface area contributed by atoms with Crippen LogP contribution in [0.15, 0.2) is 18.2 Å². The first kappa shape index (κ1) is 18.7. The monoisotopic (exact) mass is 385 g/mol. The SMILES string of the molecule is CC1(C)O[C@@H]2[C@@H](O1)[C@H](C(=O)Nc1ccc(F)cc1F)O[C@H]1OC(C)(C)O[C@@H]12. The van der Waals surface area contributed by atoms with E-state index in [0.29, 0.717) is 6.07 Å². The molecule has 3 saturated heterocycles. The highest BCUT2D eigenvalue weighted by Crippen LogP contribution is 2.44. The van der Waals surface area contributed by atoms with Crippen molar-refractivity contribution in [3.05, 3.63) is 29.8 Å². The maximum Gasteiger partial charge on any atom is 0.256 e. The molecule has 1 aromatic rings. The van der Waals surface area contributed by atoms with Crippen LogP contribution >= 0.6 is 0 Å². The van der Waals surface area contributed by atoms with Crippen LogP contribution in [0.4, 0.5) is 14.5 Å². The zero-order valence-electron chi connectivity index (χ0n) is 15.3. The molecule has 4 rings (SSSR count). The Kier molecular flexibility index (Phi) is 4.28. The summed E-state index contributed by atoms with van der Waals surface area (Å²) in [6.07, 6.45) is -3.91. The van der Waals surface area contributed by atoms with Gasteiger partial charge in [0, 0.05) is 6.07 Å². The van der Waals surface area contributed by atoms with E-state index in [1.807, 2.05) is 0 Å². The second kappa shape index (κ2) is 6.18. The van der Waals surface area contributed by atoms with Crippen molar-refractivity contribution >= 4 is 11.6 Å². The molecular formula is C18H21F2NO6. The minimum absolute atomic E-state index is 0.161. The number of amides is 1. The van der Waals surface area contributed by atoms with Crippen LogP contribution in [0.3, 0.4) is 0 Å². The molecule has 3 fully saturated rings. The lowest BCUT2D eigenvalue weighted by Gasteiger charge is -2.36. The molecule has 148 valence electrons. The molecule has 0 aromatic heterocycles. The predicted octanol–water partition coefficient (Wildman–Crippen LogP) is 2.30. The summed E-state index contributed by atoms with van der Waals surface area (Å²) >= 11 is 0. The smallest absolute Gasteiger partial charge is 0.256 e. The summed E-state index contributed by atoms with van der Waals surface area (Å²) in [5.41, 5.74) is -0.161. The van der Waals surface area contributed by atoms with Crippen LogP contribution in [0.25, 0.3) is 0 Å². The molecule has 0 saturated carbocycles. The van der Waals surface area contributed by atoms with Crippen LogP contribution in [0.2, 0.25) is 0 Å². The van der Waals surface area contributed by atoms with Gasteiger partial charge in [-0.1, -0.05) is 0 Å². The molecule has 0 aliphatic carbocycles. The summed E-state index contributed by atoms with van der Waals surface area (Å²) in [5, 5.41) is 2.41. The third-order valence-electron chi connectivity index (χ3n) is 4.60. The maximum atomic E-state index is 13.9. The van der Waals surface area contributed by atoms with Crippen molar-refractivity contribution in [1.29, 1.82) is 0 Å². The van der Waals surface area contributed by atoms with E-state index in [4.69, 9.17) is 23.7 Å². The van der Waals surface area contributed by atoms with E-state index in [-0.39, 0.29) is 5.69 Å². The summed E-state index contributed by atoms with van der Waals surface area (Å²) < 4.78 is 56.1. The largest absolute Gasteiger partial charge is 0.342 e. The van der Waals surface area contributed by atoms with Crippen molar-refractivity contribution in [1.82, 2.24) is 0 Å². The van der Waals surface area contributed by atoms with E-state index in [2.05, 4.69) is 5.32 Å². The first-order valence-corrected chi connectivity index (χ1v) is 8.67. The molecule has 5 atom stereocenters. The standard InChI is InChI=1S/C18H21F2NO6/c1-17(2)24-11-12(25-17)14-16(27-18(3,4)26-14)23-13(11)15(22)21-10-6-5-8(19)7-9(10)20/h5-7,11-14,16H,1-4H3,(H,21,22)/t11-,12-,13-,14-,16+/m1/s1. The normalized spacial score (nSPS) is 36.1. The Balaban J connectivity index is 1.59. The highest BCUT2D eigenvalue weighted by atomic mass is 19.1. The molecule has 0 unspecified atom stereocenters. The lowest BCUT2D eigenvalue weighted by atomic mass is 9.98. The first-order chi connectivity index (χ1) is 12.5. The first-order valence-electron chi connectivity index (χ1n) is 8.67. The zero-order chi connectivity index (χ0) is 19.6. The quantitative estimate of drug-likeness (QED) is 0.842. The van der Waals surface area contributed by atoms with Gasteiger partial charge in [-0.05, 0) is 39.8 Å². The highest BCUT2D eigenvalue weighted by molar-refractivity contribution is 5.95. The van der Waals surface area contributed by atoms with Crippen LogP contribution < -0.4 is 5.32 Å². The van der Waals surface area contributed by atoms with Gasteiger partial charge in [0.15, 0.2) is 24.0 Å². The van der Waals surface area contributed by atoms with Gasteiger partial charge in [-0.25, -0.2) is 8.78 Å². The number of benzene rings is 1. The fourth-order valence-electron chi connectivity index (χ4n) is 3.62. The van der Waals surface area contributed by atoms with Crippen molar-refractivity contribution in [2.24, 2.45) is 0 Å². The molecule has 7 nitrogen and oxygen atoms in total. The van der Waals surface area contributed by atoms with Gasteiger partial charge >= 0.3 is 0 Å². The number of halogens is 2. The molecule has 0 bridgehead atoms. The van der Waals surface area contributed by atoms with Gasteiger partial charge in [-0.3, -0.25) is 4.79 Å². The number of anilines is 1. The van der Waals surface area contributed by atoms with E-state index < -0.39 is 59.8 Å². The average Bonchev–Trinajstić information content (AvgIpc) is 3.03. The molecule has 27 heavy (non-hydrogen) atoms. The summed E-state index contributed by atoms with van der Waals surface area (Å²) in [5.74, 6) is -4.15. The summed E-state index contributed by atoms with van der Waals surface area (Å²) in [6.45, 7) is 6.90. The third-order valence-corrected chi connectivity index (χ3v) is 4.60. The van der Waals surface area contributed by atoms with Gasteiger partial charge in [0.05, 0.1) is 5.69 Å². The Hall–Kier alpha value is -1.65.